The van der Waals surface area contributed by atoms with E-state index >= 15 is 0 Å². The van der Waals surface area contributed by atoms with Gasteiger partial charge in [-0.25, -0.2) is 0 Å². The third kappa shape index (κ3) is 2.26. The first-order chi connectivity index (χ1) is 6.57. The quantitative estimate of drug-likeness (QED) is 0.477. The smallest absolute Gasteiger partial charge is 0.426 e. The number of nitrogens with two attached hydrogens (primary N) is 1. The lowest BCUT2D eigenvalue weighted by molar-refractivity contribution is -0.132. The number of amides is 1. The summed E-state index contributed by atoms with van der Waals surface area (Å²) in [6, 6.07) is -0.741. The maximum Gasteiger partial charge on any atom is 0.475 e. The lowest BCUT2D eigenvalue weighted by atomic mass is 9.77. The zero-order chi connectivity index (χ0) is 10.7. The average molecular weight is 198 g/mol. The number of carbonyl (C=O) groups is 1. The Kier molecular flexibility index (Phi) is 3.91. The summed E-state index contributed by atoms with van der Waals surface area (Å²) >= 11 is 0. The molecule has 4 N–H and O–H groups in total. The number of hydrogen-bond donors (Lipinski definition) is 3. The highest BCUT2D eigenvalue weighted by atomic mass is 16.4. The number of rotatable bonds is 3. The molecule has 14 heavy (non-hydrogen) atoms. The molecule has 0 bridgehead atoms. The van der Waals surface area contributed by atoms with Gasteiger partial charge in [-0.3, -0.25) is 4.79 Å². The van der Waals surface area contributed by atoms with Crippen LogP contribution in [0.25, 0.3) is 0 Å². The molecule has 1 heterocycles. The van der Waals surface area contributed by atoms with Crippen molar-refractivity contribution < 1.29 is 14.8 Å². The maximum atomic E-state index is 11.6. The Morgan fingerprint density at radius 3 is 2.86 bits per heavy atom. The summed E-state index contributed by atoms with van der Waals surface area (Å²) in [5.74, 6) is -0.830. The molecule has 0 unspecified atom stereocenters. The second-order valence-electron chi connectivity index (χ2n) is 3.50. The molecule has 1 saturated heterocycles. The number of carbonyl (C=O) groups excluding carboxylic acids is 1. The van der Waals surface area contributed by atoms with E-state index < -0.39 is 19.1 Å². The van der Waals surface area contributed by atoms with Gasteiger partial charge in [0.2, 0.25) is 5.91 Å². The van der Waals surface area contributed by atoms with Crippen molar-refractivity contribution in [2.45, 2.75) is 31.2 Å². The van der Waals surface area contributed by atoms with E-state index in [2.05, 4.69) is 0 Å². The van der Waals surface area contributed by atoms with Crippen molar-refractivity contribution in [2.75, 3.05) is 6.54 Å². The molecule has 0 aromatic carbocycles. The van der Waals surface area contributed by atoms with Crippen LogP contribution in [0.1, 0.15) is 19.3 Å². The maximum absolute atomic E-state index is 11.6. The van der Waals surface area contributed by atoms with E-state index in [0.717, 1.165) is 6.42 Å². The van der Waals surface area contributed by atoms with Crippen molar-refractivity contribution in [3.63, 3.8) is 0 Å². The Balaban J connectivity index is 2.62. The molecule has 0 saturated carbocycles. The summed E-state index contributed by atoms with van der Waals surface area (Å²) in [7, 11) is -1.49. The van der Waals surface area contributed by atoms with Gasteiger partial charge in [0, 0.05) is 6.54 Å². The lowest BCUT2D eigenvalue weighted by Crippen LogP contribution is -2.51. The van der Waals surface area contributed by atoms with Crippen molar-refractivity contribution in [3.8, 4) is 0 Å². The van der Waals surface area contributed by atoms with E-state index in [1.165, 1.54) is 4.90 Å². The lowest BCUT2D eigenvalue weighted by Gasteiger charge is -2.26. The van der Waals surface area contributed by atoms with Crippen molar-refractivity contribution >= 4 is 13.0 Å². The molecule has 78 valence electrons. The van der Waals surface area contributed by atoms with Gasteiger partial charge in [-0.2, -0.15) is 0 Å². The molecule has 1 aliphatic heterocycles. The largest absolute Gasteiger partial charge is 0.475 e. The fourth-order valence-corrected chi connectivity index (χ4v) is 1.69. The van der Waals surface area contributed by atoms with Gasteiger partial charge in [0.1, 0.15) is 0 Å². The Morgan fingerprint density at radius 1 is 1.71 bits per heavy atom. The second kappa shape index (κ2) is 4.77. The van der Waals surface area contributed by atoms with Crippen LogP contribution in [0.4, 0.5) is 0 Å². The van der Waals surface area contributed by atoms with Gasteiger partial charge < -0.3 is 20.7 Å². The third-order valence-corrected chi connectivity index (χ3v) is 2.50. The predicted molar refractivity (Wildman–Crippen MR) is 51.8 cm³/mol. The van der Waals surface area contributed by atoms with E-state index in [1.807, 2.05) is 0 Å². The Labute approximate surface area is 84.0 Å². The van der Waals surface area contributed by atoms with Gasteiger partial charge >= 0.3 is 7.12 Å². The van der Waals surface area contributed by atoms with E-state index in [0.29, 0.717) is 13.0 Å². The number of hydrogen-bond acceptors (Lipinski definition) is 4. The minimum absolute atomic E-state index is 0.0730. The first-order valence-electron chi connectivity index (χ1n) is 4.70. The Bertz CT molecular complexity index is 213. The molecule has 6 heteroatoms. The van der Waals surface area contributed by atoms with E-state index in [9.17, 15) is 4.79 Å². The molecule has 0 aromatic heterocycles. The zero-order valence-electron chi connectivity index (χ0n) is 7.97. The van der Waals surface area contributed by atoms with Gasteiger partial charge in [0.25, 0.3) is 0 Å². The third-order valence-electron chi connectivity index (χ3n) is 2.50. The molecule has 1 rings (SSSR count). The summed E-state index contributed by atoms with van der Waals surface area (Å²) in [6.07, 6.45) is 1.44. The fraction of sp³-hybridized carbons (Fsp3) is 0.750. The summed E-state index contributed by atoms with van der Waals surface area (Å²) in [6.45, 7) is 5.79. The molecule has 0 aromatic rings. The number of nitrogens with zero attached hydrogens (tertiary/aromatic N) is 1. The highest BCUT2D eigenvalue weighted by Gasteiger charge is 2.37. The van der Waals surface area contributed by atoms with E-state index in [4.69, 9.17) is 22.7 Å². The van der Waals surface area contributed by atoms with Crippen LogP contribution in [0.2, 0.25) is 0 Å². The molecule has 1 fully saturated rings. The minimum Gasteiger partial charge on any atom is -0.426 e. The van der Waals surface area contributed by atoms with Crippen LogP contribution >= 0.6 is 0 Å². The van der Waals surface area contributed by atoms with Gasteiger partial charge in [0.15, 0.2) is 0 Å². The summed E-state index contributed by atoms with van der Waals surface area (Å²) in [5, 5.41) is 18.0. The Morgan fingerprint density at radius 2 is 2.36 bits per heavy atom. The first-order valence-corrected chi connectivity index (χ1v) is 4.70. The van der Waals surface area contributed by atoms with Crippen LogP contribution in [0, 0.1) is 6.92 Å². The van der Waals surface area contributed by atoms with Crippen LogP contribution in [-0.2, 0) is 4.79 Å². The van der Waals surface area contributed by atoms with Crippen molar-refractivity contribution in [1.82, 2.24) is 4.90 Å². The highest BCUT2D eigenvalue weighted by Crippen LogP contribution is 2.18. The molecule has 0 aliphatic carbocycles. The standard InChI is InChI=1S/C8H15BN2O3/c1-2-6(10)8(12)11-5-3-4-7(11)9(13)14/h1,6-7,13-14H,2-5,10H2/t6-,7-/m0/s1. The molecule has 5 nitrogen and oxygen atoms in total. The SMILES string of the molecule is [CH]C[C@H](N)C(=O)N1CCC[C@H]1B(O)O. The molecule has 2 radical (unpaired) electrons. The summed E-state index contributed by atoms with van der Waals surface area (Å²) in [5.41, 5.74) is 5.48. The molecule has 1 aliphatic rings. The van der Waals surface area contributed by atoms with E-state index in [-0.39, 0.29) is 12.3 Å². The monoisotopic (exact) mass is 198 g/mol. The van der Waals surface area contributed by atoms with Gasteiger partial charge in [-0.05, 0) is 26.2 Å². The summed E-state index contributed by atoms with van der Waals surface area (Å²) in [4.78, 5) is 13.0. The molecule has 0 spiro atoms. The highest BCUT2D eigenvalue weighted by molar-refractivity contribution is 6.43. The Hall–Kier alpha value is -0.585. The zero-order valence-corrected chi connectivity index (χ0v) is 7.97. The molecular weight excluding hydrogens is 183 g/mol. The minimum atomic E-state index is -1.49. The normalized spacial score (nSPS) is 23.7. The van der Waals surface area contributed by atoms with Gasteiger partial charge in [-0.1, -0.05) is 0 Å². The molecule has 1 amide bonds. The topological polar surface area (TPSA) is 86.8 Å². The second-order valence-corrected chi connectivity index (χ2v) is 3.50. The van der Waals surface area contributed by atoms with Crippen molar-refractivity contribution in [3.05, 3.63) is 6.92 Å². The first kappa shape index (κ1) is 11.5. The fourth-order valence-electron chi connectivity index (χ4n) is 1.69. The van der Waals surface area contributed by atoms with Gasteiger partial charge in [0.05, 0.1) is 12.0 Å². The van der Waals surface area contributed by atoms with Crippen LogP contribution in [0.15, 0.2) is 0 Å². The van der Waals surface area contributed by atoms with Crippen molar-refractivity contribution in [2.24, 2.45) is 5.73 Å². The van der Waals surface area contributed by atoms with Crippen LogP contribution in [0.5, 0.6) is 0 Å². The van der Waals surface area contributed by atoms with Crippen LogP contribution in [0.3, 0.4) is 0 Å². The van der Waals surface area contributed by atoms with Crippen LogP contribution < -0.4 is 5.73 Å². The molecular formula is C8H15BN2O3. The molecule has 2 atom stereocenters. The summed E-state index contributed by atoms with van der Waals surface area (Å²) < 4.78 is 0. The predicted octanol–water partition coefficient (Wildman–Crippen LogP) is -1.58. The number of likely N-dealkylation sites (tertiary alicyclic amines) is 1. The van der Waals surface area contributed by atoms with Gasteiger partial charge in [-0.15, -0.1) is 0 Å². The average Bonchev–Trinajstić information content (AvgIpc) is 2.63. The van der Waals surface area contributed by atoms with Crippen molar-refractivity contribution in [1.29, 1.82) is 0 Å². The van der Waals surface area contributed by atoms with Crippen LogP contribution in [-0.4, -0.2) is 46.5 Å². The van der Waals surface area contributed by atoms with E-state index in [1.54, 1.807) is 0 Å².